The largest absolute Gasteiger partial charge is 0.486 e. The SMILES string of the molecule is OC(c1cc(Cl)c2c(c1)OCCO2)c1cccc(Cl)c1Cl. The highest BCUT2D eigenvalue weighted by atomic mass is 35.5. The van der Waals surface area contributed by atoms with E-state index in [1.54, 1.807) is 30.3 Å². The predicted molar refractivity (Wildman–Crippen MR) is 83.0 cm³/mol. The maximum absolute atomic E-state index is 10.5. The zero-order valence-corrected chi connectivity index (χ0v) is 13.0. The van der Waals surface area contributed by atoms with Crippen LogP contribution in [0, 0.1) is 0 Å². The van der Waals surface area contributed by atoms with Crippen molar-refractivity contribution in [1.82, 2.24) is 0 Å². The first-order valence-corrected chi connectivity index (χ1v) is 7.42. The number of fused-ring (bicyclic) bond motifs is 1. The van der Waals surface area contributed by atoms with Crippen LogP contribution in [0.2, 0.25) is 15.1 Å². The molecular weight excluding hydrogens is 335 g/mol. The van der Waals surface area contributed by atoms with Crippen molar-refractivity contribution in [3.8, 4) is 11.5 Å². The van der Waals surface area contributed by atoms with Crippen LogP contribution < -0.4 is 9.47 Å². The van der Waals surface area contributed by atoms with Gasteiger partial charge in [-0.3, -0.25) is 0 Å². The Morgan fingerprint density at radius 3 is 2.57 bits per heavy atom. The third-order valence-corrected chi connectivity index (χ3v) is 4.33. The molecule has 2 aromatic rings. The molecular formula is C15H11Cl3O3. The monoisotopic (exact) mass is 344 g/mol. The summed E-state index contributed by atoms with van der Waals surface area (Å²) in [6, 6.07) is 8.44. The quantitative estimate of drug-likeness (QED) is 0.871. The van der Waals surface area contributed by atoms with Crippen molar-refractivity contribution in [2.24, 2.45) is 0 Å². The Kier molecular flexibility index (Phi) is 4.18. The van der Waals surface area contributed by atoms with Crippen LogP contribution >= 0.6 is 34.8 Å². The Morgan fingerprint density at radius 1 is 1.00 bits per heavy atom. The van der Waals surface area contributed by atoms with E-state index in [1.807, 2.05) is 0 Å². The minimum atomic E-state index is -0.954. The van der Waals surface area contributed by atoms with Crippen molar-refractivity contribution in [1.29, 1.82) is 0 Å². The summed E-state index contributed by atoms with van der Waals surface area (Å²) in [5.74, 6) is 1.01. The molecule has 6 heteroatoms. The molecule has 110 valence electrons. The summed E-state index contributed by atoms with van der Waals surface area (Å²) in [6.45, 7) is 0.898. The third kappa shape index (κ3) is 2.79. The molecule has 1 unspecified atom stereocenters. The van der Waals surface area contributed by atoms with Crippen molar-refractivity contribution < 1.29 is 14.6 Å². The molecule has 21 heavy (non-hydrogen) atoms. The highest BCUT2D eigenvalue weighted by Crippen LogP contribution is 2.42. The van der Waals surface area contributed by atoms with E-state index in [0.717, 1.165) is 0 Å². The van der Waals surface area contributed by atoms with Crippen LogP contribution in [-0.4, -0.2) is 18.3 Å². The lowest BCUT2D eigenvalue weighted by atomic mass is 10.0. The zero-order valence-electron chi connectivity index (χ0n) is 10.8. The Bertz CT molecular complexity index is 688. The summed E-state index contributed by atoms with van der Waals surface area (Å²) < 4.78 is 11.0. The van der Waals surface area contributed by atoms with Gasteiger partial charge in [-0.2, -0.15) is 0 Å². The molecule has 0 radical (unpaired) electrons. The molecule has 1 N–H and O–H groups in total. The van der Waals surface area contributed by atoms with Crippen molar-refractivity contribution in [3.05, 3.63) is 56.5 Å². The molecule has 1 aliphatic rings. The van der Waals surface area contributed by atoms with E-state index in [0.29, 0.717) is 50.9 Å². The van der Waals surface area contributed by atoms with E-state index in [4.69, 9.17) is 44.3 Å². The lowest BCUT2D eigenvalue weighted by molar-refractivity contribution is 0.170. The second-order valence-electron chi connectivity index (χ2n) is 4.57. The van der Waals surface area contributed by atoms with Gasteiger partial charge in [0, 0.05) is 5.56 Å². The molecule has 0 bridgehead atoms. The van der Waals surface area contributed by atoms with Crippen LogP contribution in [0.4, 0.5) is 0 Å². The van der Waals surface area contributed by atoms with Gasteiger partial charge in [-0.25, -0.2) is 0 Å². The molecule has 0 aliphatic carbocycles. The molecule has 0 aromatic heterocycles. The summed E-state index contributed by atoms with van der Waals surface area (Å²) in [5, 5.41) is 11.6. The number of halogens is 3. The maximum atomic E-state index is 10.5. The van der Waals surface area contributed by atoms with Crippen molar-refractivity contribution in [2.45, 2.75) is 6.10 Å². The van der Waals surface area contributed by atoms with E-state index in [9.17, 15) is 5.11 Å². The normalized spacial score (nSPS) is 14.9. The van der Waals surface area contributed by atoms with E-state index in [-0.39, 0.29) is 0 Å². The van der Waals surface area contributed by atoms with Crippen LogP contribution in [0.25, 0.3) is 0 Å². The summed E-state index contributed by atoms with van der Waals surface area (Å²) in [7, 11) is 0. The minimum absolute atomic E-state index is 0.317. The Labute approximate surface area is 137 Å². The van der Waals surface area contributed by atoms with Gasteiger partial charge in [-0.1, -0.05) is 46.9 Å². The number of aliphatic hydroxyl groups excluding tert-OH is 1. The van der Waals surface area contributed by atoms with Gasteiger partial charge in [0.2, 0.25) is 0 Å². The average Bonchev–Trinajstić information content (AvgIpc) is 2.49. The fraction of sp³-hybridized carbons (Fsp3) is 0.200. The Hall–Kier alpha value is -1.13. The van der Waals surface area contributed by atoms with Gasteiger partial charge in [0.1, 0.15) is 19.3 Å². The van der Waals surface area contributed by atoms with E-state index in [2.05, 4.69) is 0 Å². The minimum Gasteiger partial charge on any atom is -0.486 e. The van der Waals surface area contributed by atoms with Gasteiger partial charge in [0.25, 0.3) is 0 Å². The summed E-state index contributed by atoms with van der Waals surface area (Å²) in [5.41, 5.74) is 1.07. The number of hydrogen-bond donors (Lipinski definition) is 1. The average molecular weight is 346 g/mol. The van der Waals surface area contributed by atoms with Gasteiger partial charge in [-0.05, 0) is 23.8 Å². The standard InChI is InChI=1S/C15H11Cl3O3/c16-10-3-1-2-9(13(10)18)14(19)8-6-11(17)15-12(7-8)20-4-5-21-15/h1-3,6-7,14,19H,4-5H2. The van der Waals surface area contributed by atoms with Crippen LogP contribution in [0.15, 0.2) is 30.3 Å². The molecule has 1 aliphatic heterocycles. The highest BCUT2D eigenvalue weighted by molar-refractivity contribution is 6.42. The number of ether oxygens (including phenoxy) is 2. The molecule has 0 amide bonds. The number of rotatable bonds is 2. The first-order valence-electron chi connectivity index (χ1n) is 6.29. The Balaban J connectivity index is 2.04. The van der Waals surface area contributed by atoms with Crippen LogP contribution in [-0.2, 0) is 0 Å². The van der Waals surface area contributed by atoms with Crippen LogP contribution in [0.3, 0.4) is 0 Å². The van der Waals surface area contributed by atoms with Crippen molar-refractivity contribution >= 4 is 34.8 Å². The smallest absolute Gasteiger partial charge is 0.179 e. The fourth-order valence-corrected chi connectivity index (χ4v) is 2.88. The topological polar surface area (TPSA) is 38.7 Å². The maximum Gasteiger partial charge on any atom is 0.179 e. The molecule has 0 saturated carbocycles. The molecule has 0 saturated heterocycles. The summed E-state index contributed by atoms with van der Waals surface area (Å²) in [6.07, 6.45) is -0.954. The van der Waals surface area contributed by atoms with Gasteiger partial charge >= 0.3 is 0 Å². The number of benzene rings is 2. The molecule has 2 aromatic carbocycles. The van der Waals surface area contributed by atoms with E-state index < -0.39 is 6.10 Å². The first kappa shape index (κ1) is 14.8. The predicted octanol–water partition coefficient (Wildman–Crippen LogP) is 4.50. The van der Waals surface area contributed by atoms with Gasteiger partial charge in [-0.15, -0.1) is 0 Å². The second-order valence-corrected chi connectivity index (χ2v) is 5.76. The molecule has 1 atom stereocenters. The first-order chi connectivity index (χ1) is 10.1. The number of aliphatic hydroxyl groups is 1. The molecule has 0 fully saturated rings. The molecule has 1 heterocycles. The second kappa shape index (κ2) is 5.93. The molecule has 3 nitrogen and oxygen atoms in total. The lowest BCUT2D eigenvalue weighted by Crippen LogP contribution is -2.16. The van der Waals surface area contributed by atoms with E-state index in [1.165, 1.54) is 0 Å². The van der Waals surface area contributed by atoms with Crippen LogP contribution in [0.5, 0.6) is 11.5 Å². The van der Waals surface area contributed by atoms with Gasteiger partial charge < -0.3 is 14.6 Å². The third-order valence-electron chi connectivity index (χ3n) is 3.21. The van der Waals surface area contributed by atoms with Crippen molar-refractivity contribution in [2.75, 3.05) is 13.2 Å². The summed E-state index contributed by atoms with van der Waals surface area (Å²) in [4.78, 5) is 0. The molecule has 0 spiro atoms. The summed E-state index contributed by atoms with van der Waals surface area (Å²) >= 11 is 18.3. The van der Waals surface area contributed by atoms with E-state index >= 15 is 0 Å². The lowest BCUT2D eigenvalue weighted by Gasteiger charge is -2.22. The Morgan fingerprint density at radius 2 is 1.76 bits per heavy atom. The number of hydrogen-bond acceptors (Lipinski definition) is 3. The van der Waals surface area contributed by atoms with Gasteiger partial charge in [0.15, 0.2) is 11.5 Å². The van der Waals surface area contributed by atoms with Crippen molar-refractivity contribution in [3.63, 3.8) is 0 Å². The highest BCUT2D eigenvalue weighted by Gasteiger charge is 2.22. The van der Waals surface area contributed by atoms with Gasteiger partial charge in [0.05, 0.1) is 15.1 Å². The molecule has 3 rings (SSSR count). The van der Waals surface area contributed by atoms with Crippen LogP contribution in [0.1, 0.15) is 17.2 Å². The zero-order chi connectivity index (χ0) is 15.0. The fourth-order valence-electron chi connectivity index (χ4n) is 2.20.